The summed E-state index contributed by atoms with van der Waals surface area (Å²) in [5, 5.41) is 6.03. The lowest BCUT2D eigenvalue weighted by Gasteiger charge is -2.09. The fourth-order valence-corrected chi connectivity index (χ4v) is 3.90. The van der Waals surface area contributed by atoms with E-state index in [0.29, 0.717) is 12.1 Å². The third kappa shape index (κ3) is 3.17. The van der Waals surface area contributed by atoms with Gasteiger partial charge in [0.05, 0.1) is 0 Å². The van der Waals surface area contributed by atoms with E-state index in [-0.39, 0.29) is 11.0 Å². The number of hydrogen-bond donors (Lipinski definition) is 0. The summed E-state index contributed by atoms with van der Waals surface area (Å²) in [5.41, 5.74) is 2.23. The van der Waals surface area contributed by atoms with Crippen LogP contribution in [0.3, 0.4) is 0 Å². The highest BCUT2D eigenvalue weighted by Crippen LogP contribution is 2.37. The number of oxime groups is 1. The van der Waals surface area contributed by atoms with E-state index in [1.807, 2.05) is 50.2 Å². The Morgan fingerprint density at radius 1 is 1.04 bits per heavy atom. The van der Waals surface area contributed by atoms with E-state index < -0.39 is 10.1 Å². The molecular weight excluding hydrogens is 362 g/mol. The third-order valence-corrected chi connectivity index (χ3v) is 5.76. The van der Waals surface area contributed by atoms with Crippen LogP contribution in [0.15, 0.2) is 70.7 Å². The van der Waals surface area contributed by atoms with Gasteiger partial charge in [-0.05, 0) is 36.9 Å². The first-order valence-electron chi connectivity index (χ1n) is 8.76. The minimum absolute atomic E-state index is 0.0724. The molecule has 5 nitrogen and oxygen atoms in total. The molecule has 138 valence electrons. The first-order valence-corrected chi connectivity index (χ1v) is 10.2. The molecule has 0 spiro atoms. The summed E-state index contributed by atoms with van der Waals surface area (Å²) >= 11 is 0. The summed E-state index contributed by atoms with van der Waals surface area (Å²) in [7, 11) is -3.98. The second-order valence-electron chi connectivity index (χ2n) is 6.50. The van der Waals surface area contributed by atoms with E-state index >= 15 is 0 Å². The van der Waals surface area contributed by atoms with E-state index in [1.54, 1.807) is 12.1 Å². The van der Waals surface area contributed by atoms with E-state index in [2.05, 4.69) is 5.16 Å². The Labute approximate surface area is 158 Å². The second-order valence-corrected chi connectivity index (χ2v) is 8.03. The highest BCUT2D eigenvalue weighted by atomic mass is 32.2. The lowest BCUT2D eigenvalue weighted by atomic mass is 10.0. The van der Waals surface area contributed by atoms with Crippen LogP contribution in [0, 0.1) is 6.92 Å². The summed E-state index contributed by atoms with van der Waals surface area (Å²) in [6, 6.07) is 18.2. The molecule has 3 aromatic carbocycles. The van der Waals surface area contributed by atoms with Gasteiger partial charge in [0.1, 0.15) is 22.5 Å². The predicted molar refractivity (Wildman–Crippen MR) is 105 cm³/mol. The van der Waals surface area contributed by atoms with E-state index in [4.69, 9.17) is 9.02 Å². The molecule has 0 bridgehead atoms. The van der Waals surface area contributed by atoms with E-state index in [1.165, 1.54) is 12.1 Å². The smallest absolute Gasteiger partial charge is 0.358 e. The zero-order valence-electron chi connectivity index (χ0n) is 15.0. The van der Waals surface area contributed by atoms with Gasteiger partial charge in [0, 0.05) is 10.9 Å². The molecule has 1 aliphatic rings. The largest absolute Gasteiger partial charge is 0.483 e. The van der Waals surface area contributed by atoms with Gasteiger partial charge in [0.15, 0.2) is 0 Å². The summed E-state index contributed by atoms with van der Waals surface area (Å²) in [6.07, 6.45) is 0.300. The lowest BCUT2D eigenvalue weighted by Crippen LogP contribution is -2.21. The Morgan fingerprint density at radius 3 is 2.52 bits per heavy atom. The Bertz CT molecular complexity index is 1130. The summed E-state index contributed by atoms with van der Waals surface area (Å²) < 4.78 is 36.0. The molecule has 0 N–H and O–H groups in total. The van der Waals surface area contributed by atoms with Crippen molar-refractivity contribution in [1.82, 2.24) is 0 Å². The number of hydrogen-bond acceptors (Lipinski definition) is 5. The Hall–Kier alpha value is -2.86. The van der Waals surface area contributed by atoms with Crippen molar-refractivity contribution < 1.29 is 17.4 Å². The van der Waals surface area contributed by atoms with Crippen LogP contribution in [-0.2, 0) is 14.4 Å². The Kier molecular flexibility index (Phi) is 4.36. The van der Waals surface area contributed by atoms with Gasteiger partial charge < -0.3 is 4.74 Å². The molecule has 1 aliphatic heterocycles. The molecule has 6 heteroatoms. The summed E-state index contributed by atoms with van der Waals surface area (Å²) in [4.78, 5) is 0.0724. The molecule has 1 heterocycles. The number of rotatable bonds is 4. The summed E-state index contributed by atoms with van der Waals surface area (Å²) in [5.74, 6) is 0.718. The van der Waals surface area contributed by atoms with Gasteiger partial charge in [-0.2, -0.15) is 8.42 Å². The number of benzene rings is 3. The highest BCUT2D eigenvalue weighted by molar-refractivity contribution is 7.86. The predicted octanol–water partition coefficient (Wildman–Crippen LogP) is 4.43. The van der Waals surface area contributed by atoms with Crippen molar-refractivity contribution in [1.29, 1.82) is 0 Å². The number of nitrogens with zero attached hydrogens (tertiary/aromatic N) is 1. The third-order valence-electron chi connectivity index (χ3n) is 4.63. The maximum absolute atomic E-state index is 12.4. The molecule has 1 atom stereocenters. The molecule has 27 heavy (non-hydrogen) atoms. The zero-order valence-corrected chi connectivity index (χ0v) is 15.9. The van der Waals surface area contributed by atoms with Gasteiger partial charge in [0.2, 0.25) is 0 Å². The van der Waals surface area contributed by atoms with Crippen LogP contribution in [0.25, 0.3) is 10.8 Å². The van der Waals surface area contributed by atoms with Crippen LogP contribution >= 0.6 is 0 Å². The van der Waals surface area contributed by atoms with Crippen molar-refractivity contribution in [3.63, 3.8) is 0 Å². The van der Waals surface area contributed by atoms with Crippen LogP contribution in [0.4, 0.5) is 0 Å². The van der Waals surface area contributed by atoms with Crippen LogP contribution < -0.4 is 4.74 Å². The molecule has 1 unspecified atom stereocenters. The van der Waals surface area contributed by atoms with Gasteiger partial charge in [-0.25, -0.2) is 0 Å². The van der Waals surface area contributed by atoms with Crippen molar-refractivity contribution in [2.24, 2.45) is 5.16 Å². The van der Waals surface area contributed by atoms with Gasteiger partial charge in [-0.3, -0.25) is 4.28 Å². The fourth-order valence-electron chi connectivity index (χ4n) is 3.17. The topological polar surface area (TPSA) is 65.0 Å². The van der Waals surface area contributed by atoms with E-state index in [0.717, 1.165) is 27.6 Å². The minimum Gasteiger partial charge on any atom is -0.483 e. The SMILES string of the molecule is CCC1Oc2c(ccc3ccccc23)C1=NOS(=O)(=O)c1ccc(C)cc1. The number of ether oxygens (including phenoxy) is 1. The second kappa shape index (κ2) is 6.70. The van der Waals surface area contributed by atoms with E-state index in [9.17, 15) is 8.42 Å². The van der Waals surface area contributed by atoms with Crippen molar-refractivity contribution in [2.45, 2.75) is 31.3 Å². The monoisotopic (exact) mass is 381 g/mol. The molecule has 0 saturated carbocycles. The normalized spacial score (nSPS) is 17.7. The quantitative estimate of drug-likeness (QED) is 0.627. The average Bonchev–Trinajstić information content (AvgIpc) is 3.05. The van der Waals surface area contributed by atoms with Gasteiger partial charge in [-0.1, -0.05) is 60.1 Å². The van der Waals surface area contributed by atoms with Crippen molar-refractivity contribution in [2.75, 3.05) is 0 Å². The fraction of sp³-hybridized carbons (Fsp3) is 0.190. The standard InChI is InChI=1S/C21H19NO4S/c1-3-19-20(22-26-27(23,24)16-11-8-14(2)9-12-16)18-13-10-15-6-4-5-7-17(15)21(18)25-19/h4-13,19H,3H2,1-2H3. The zero-order chi connectivity index (χ0) is 19.0. The van der Waals surface area contributed by atoms with Crippen molar-refractivity contribution in [3.8, 4) is 5.75 Å². The first-order chi connectivity index (χ1) is 13.0. The molecule has 0 fully saturated rings. The molecule has 0 saturated heterocycles. The van der Waals surface area contributed by atoms with Gasteiger partial charge in [0.25, 0.3) is 0 Å². The van der Waals surface area contributed by atoms with Crippen LogP contribution in [0.1, 0.15) is 24.5 Å². The molecule has 0 aliphatic carbocycles. The van der Waals surface area contributed by atoms with Crippen molar-refractivity contribution >= 4 is 26.6 Å². The molecule has 0 aromatic heterocycles. The summed E-state index contributed by atoms with van der Waals surface area (Å²) in [6.45, 7) is 3.85. The maximum Gasteiger partial charge on any atom is 0.358 e. The Balaban J connectivity index is 1.73. The minimum atomic E-state index is -3.98. The highest BCUT2D eigenvalue weighted by Gasteiger charge is 2.32. The average molecular weight is 381 g/mol. The molecule has 4 rings (SSSR count). The molecule has 0 amide bonds. The first kappa shape index (κ1) is 17.5. The van der Waals surface area contributed by atoms with Crippen molar-refractivity contribution in [3.05, 3.63) is 71.8 Å². The Morgan fingerprint density at radius 2 is 1.78 bits per heavy atom. The molecule has 3 aromatic rings. The number of fused-ring (bicyclic) bond motifs is 3. The molecule has 0 radical (unpaired) electrons. The number of aryl methyl sites for hydroxylation is 1. The van der Waals surface area contributed by atoms with Gasteiger partial charge >= 0.3 is 10.1 Å². The van der Waals surface area contributed by atoms with Crippen LogP contribution in [0.5, 0.6) is 5.75 Å². The maximum atomic E-state index is 12.4. The van der Waals surface area contributed by atoms with Crippen LogP contribution in [0.2, 0.25) is 0 Å². The van der Waals surface area contributed by atoms with Gasteiger partial charge in [-0.15, -0.1) is 0 Å². The van der Waals surface area contributed by atoms with Crippen LogP contribution in [-0.4, -0.2) is 20.2 Å². The lowest BCUT2D eigenvalue weighted by molar-refractivity contribution is 0.272. The molecular formula is C21H19NO4S.